The second kappa shape index (κ2) is 10.00. The number of rotatable bonds is 8. The Morgan fingerprint density at radius 1 is 1.14 bits per heavy atom. The standard InChI is InChI=1S/C27H29F2N3O3/c1-27(2,3)15-34-17-12-20-21(14-33-10-8-24(30)31)19-11-16(18-5-4-9-32-26(18)29)6-7-23(19)35-25(20)22(28)13-17/h4-7,9,11-13,21H,8,10,14-15H2,1-3H3,(H3,30,31). The summed E-state index contributed by atoms with van der Waals surface area (Å²) < 4.78 is 47.2. The summed E-state index contributed by atoms with van der Waals surface area (Å²) in [6, 6.07) is 11.6. The Morgan fingerprint density at radius 2 is 1.94 bits per heavy atom. The van der Waals surface area contributed by atoms with Crippen LogP contribution in [0.1, 0.15) is 44.2 Å². The zero-order valence-electron chi connectivity index (χ0n) is 20.0. The molecule has 1 aromatic heterocycles. The molecule has 0 bridgehead atoms. The molecule has 3 N–H and O–H groups in total. The summed E-state index contributed by atoms with van der Waals surface area (Å²) in [7, 11) is 0. The Balaban J connectivity index is 1.74. The van der Waals surface area contributed by atoms with E-state index >= 15 is 4.39 Å². The number of halogens is 2. The molecule has 1 aliphatic heterocycles. The van der Waals surface area contributed by atoms with Gasteiger partial charge in [0.15, 0.2) is 11.6 Å². The van der Waals surface area contributed by atoms with Crippen LogP contribution in [-0.2, 0) is 4.74 Å². The largest absolute Gasteiger partial charge is 0.493 e. The maximum Gasteiger partial charge on any atom is 0.220 e. The molecule has 2 aromatic carbocycles. The minimum Gasteiger partial charge on any atom is -0.493 e. The molecule has 0 amide bonds. The van der Waals surface area contributed by atoms with Crippen molar-refractivity contribution in [2.45, 2.75) is 33.1 Å². The van der Waals surface area contributed by atoms with Crippen LogP contribution in [0.3, 0.4) is 0 Å². The number of nitrogens with zero attached hydrogens (tertiary/aromatic N) is 1. The first-order chi connectivity index (χ1) is 16.6. The summed E-state index contributed by atoms with van der Waals surface area (Å²) in [4.78, 5) is 3.74. The monoisotopic (exact) mass is 481 g/mol. The second-order valence-electron chi connectivity index (χ2n) is 9.77. The summed E-state index contributed by atoms with van der Waals surface area (Å²) in [6.07, 6.45) is 1.68. The Labute approximate surface area is 203 Å². The van der Waals surface area contributed by atoms with Crippen molar-refractivity contribution in [1.82, 2.24) is 4.98 Å². The Bertz CT molecular complexity index is 1240. The maximum absolute atomic E-state index is 15.2. The van der Waals surface area contributed by atoms with Crippen molar-refractivity contribution in [3.05, 3.63) is 71.6 Å². The minimum atomic E-state index is -0.581. The van der Waals surface area contributed by atoms with Gasteiger partial charge in [-0.2, -0.15) is 4.39 Å². The Hall–Kier alpha value is -3.52. The van der Waals surface area contributed by atoms with Gasteiger partial charge in [-0.15, -0.1) is 0 Å². The van der Waals surface area contributed by atoms with E-state index in [0.717, 1.165) is 5.56 Å². The van der Waals surface area contributed by atoms with Crippen molar-refractivity contribution in [3.63, 3.8) is 0 Å². The molecule has 35 heavy (non-hydrogen) atoms. The third kappa shape index (κ3) is 5.77. The zero-order valence-corrected chi connectivity index (χ0v) is 20.0. The fourth-order valence-electron chi connectivity index (χ4n) is 3.86. The fourth-order valence-corrected chi connectivity index (χ4v) is 3.86. The van der Waals surface area contributed by atoms with E-state index in [1.54, 1.807) is 30.3 Å². The van der Waals surface area contributed by atoms with Crippen LogP contribution < -0.4 is 15.2 Å². The SMILES string of the molecule is CC(C)(C)COc1cc(F)c2c(c1)C(COCCC(=N)N)c1cc(-c3cccnc3F)ccc1O2. The zero-order chi connectivity index (χ0) is 25.2. The van der Waals surface area contributed by atoms with E-state index in [1.165, 1.54) is 12.3 Å². The van der Waals surface area contributed by atoms with Crippen LogP contribution in [0.25, 0.3) is 11.1 Å². The highest BCUT2D eigenvalue weighted by Gasteiger charge is 2.31. The van der Waals surface area contributed by atoms with Crippen molar-refractivity contribution in [2.24, 2.45) is 11.1 Å². The van der Waals surface area contributed by atoms with Gasteiger partial charge in [0.25, 0.3) is 0 Å². The van der Waals surface area contributed by atoms with Gasteiger partial charge in [0.05, 0.1) is 25.7 Å². The van der Waals surface area contributed by atoms with E-state index in [-0.39, 0.29) is 36.6 Å². The number of ether oxygens (including phenoxy) is 3. The highest BCUT2D eigenvalue weighted by molar-refractivity contribution is 5.76. The van der Waals surface area contributed by atoms with E-state index in [9.17, 15) is 4.39 Å². The van der Waals surface area contributed by atoms with E-state index in [0.29, 0.717) is 34.8 Å². The average molecular weight is 482 g/mol. The highest BCUT2D eigenvalue weighted by Crippen LogP contribution is 2.48. The molecule has 0 radical (unpaired) electrons. The van der Waals surface area contributed by atoms with Gasteiger partial charge in [-0.25, -0.2) is 9.37 Å². The van der Waals surface area contributed by atoms with Crippen LogP contribution in [0.2, 0.25) is 0 Å². The number of aromatic nitrogens is 1. The summed E-state index contributed by atoms with van der Waals surface area (Å²) in [5.41, 5.74) is 7.62. The van der Waals surface area contributed by atoms with Gasteiger partial charge < -0.3 is 19.9 Å². The van der Waals surface area contributed by atoms with Crippen molar-refractivity contribution in [2.75, 3.05) is 19.8 Å². The number of hydrogen-bond acceptors (Lipinski definition) is 5. The van der Waals surface area contributed by atoms with Crippen LogP contribution in [-0.4, -0.2) is 30.6 Å². The maximum atomic E-state index is 15.2. The van der Waals surface area contributed by atoms with E-state index in [1.807, 2.05) is 26.8 Å². The smallest absolute Gasteiger partial charge is 0.220 e. The number of pyridine rings is 1. The molecular formula is C27H29F2N3O3. The van der Waals surface area contributed by atoms with Crippen molar-refractivity contribution >= 4 is 5.84 Å². The number of nitrogens with one attached hydrogen (secondary N) is 1. The van der Waals surface area contributed by atoms with Crippen LogP contribution in [0.5, 0.6) is 17.2 Å². The topological polar surface area (TPSA) is 90.5 Å². The highest BCUT2D eigenvalue weighted by atomic mass is 19.1. The van der Waals surface area contributed by atoms with Crippen molar-refractivity contribution in [1.29, 1.82) is 5.41 Å². The van der Waals surface area contributed by atoms with Gasteiger partial charge >= 0.3 is 0 Å². The number of fused-ring (bicyclic) bond motifs is 2. The van der Waals surface area contributed by atoms with Gasteiger partial charge in [0.2, 0.25) is 5.95 Å². The molecule has 8 heteroatoms. The van der Waals surface area contributed by atoms with E-state index in [2.05, 4.69) is 4.98 Å². The lowest BCUT2D eigenvalue weighted by molar-refractivity contribution is 0.131. The van der Waals surface area contributed by atoms with E-state index in [4.69, 9.17) is 25.4 Å². The van der Waals surface area contributed by atoms with Gasteiger partial charge in [-0.05, 0) is 41.3 Å². The third-order valence-corrected chi connectivity index (χ3v) is 5.56. The molecule has 0 aliphatic carbocycles. The molecule has 3 aromatic rings. The van der Waals surface area contributed by atoms with Gasteiger partial charge in [-0.1, -0.05) is 26.8 Å². The summed E-state index contributed by atoms with van der Waals surface area (Å²) in [6.45, 7) is 6.95. The lowest BCUT2D eigenvalue weighted by Gasteiger charge is -2.30. The molecule has 0 spiro atoms. The summed E-state index contributed by atoms with van der Waals surface area (Å²) >= 11 is 0. The first-order valence-corrected chi connectivity index (χ1v) is 11.4. The predicted octanol–water partition coefficient (Wildman–Crippen LogP) is 6.03. The molecule has 6 nitrogen and oxygen atoms in total. The van der Waals surface area contributed by atoms with Crippen molar-refractivity contribution < 1.29 is 23.0 Å². The first kappa shape index (κ1) is 24.6. The van der Waals surface area contributed by atoms with Crippen LogP contribution in [0.15, 0.2) is 48.7 Å². The predicted molar refractivity (Wildman–Crippen MR) is 130 cm³/mol. The molecule has 0 saturated carbocycles. The van der Waals surface area contributed by atoms with Crippen molar-refractivity contribution in [3.8, 4) is 28.4 Å². The van der Waals surface area contributed by atoms with Gasteiger partial charge in [0.1, 0.15) is 11.5 Å². The molecule has 1 atom stereocenters. The number of benzene rings is 2. The molecule has 1 unspecified atom stereocenters. The summed E-state index contributed by atoms with van der Waals surface area (Å²) in [5.74, 6) is -0.527. The second-order valence-corrected chi connectivity index (χ2v) is 9.77. The number of nitrogens with two attached hydrogens (primary N) is 1. The molecule has 0 saturated heterocycles. The van der Waals surface area contributed by atoms with Crippen LogP contribution >= 0.6 is 0 Å². The van der Waals surface area contributed by atoms with Crippen LogP contribution in [0, 0.1) is 22.6 Å². The average Bonchev–Trinajstić information content (AvgIpc) is 2.80. The quantitative estimate of drug-likeness (QED) is 0.177. The fraction of sp³-hybridized carbons (Fsp3) is 0.333. The molecule has 4 rings (SSSR count). The van der Waals surface area contributed by atoms with E-state index < -0.39 is 17.7 Å². The molecule has 184 valence electrons. The van der Waals surface area contributed by atoms with Gasteiger partial charge in [-0.3, -0.25) is 5.41 Å². The number of amidine groups is 1. The first-order valence-electron chi connectivity index (χ1n) is 11.4. The lowest BCUT2D eigenvalue weighted by atomic mass is 9.86. The molecule has 1 aliphatic rings. The molecular weight excluding hydrogens is 452 g/mol. The summed E-state index contributed by atoms with van der Waals surface area (Å²) in [5, 5.41) is 7.42. The van der Waals surface area contributed by atoms with Gasteiger partial charge in [0, 0.05) is 41.3 Å². The number of hydrogen-bond donors (Lipinski definition) is 2. The molecule has 0 fully saturated rings. The normalized spacial score (nSPS) is 14.6. The lowest BCUT2D eigenvalue weighted by Crippen LogP contribution is -2.20. The Kier molecular flexibility index (Phi) is 7.03. The molecule has 2 heterocycles. The Morgan fingerprint density at radius 3 is 2.66 bits per heavy atom. The third-order valence-electron chi connectivity index (χ3n) is 5.56. The minimum absolute atomic E-state index is 0.0241. The van der Waals surface area contributed by atoms with Crippen LogP contribution in [0.4, 0.5) is 8.78 Å².